The summed E-state index contributed by atoms with van der Waals surface area (Å²) in [6.07, 6.45) is 4.14. The van der Waals surface area contributed by atoms with E-state index in [2.05, 4.69) is 10.3 Å². The largest absolute Gasteiger partial charge is 0.313 e. The predicted molar refractivity (Wildman–Crippen MR) is 109 cm³/mol. The summed E-state index contributed by atoms with van der Waals surface area (Å²) in [5.41, 5.74) is 2.57. The third-order valence-electron chi connectivity index (χ3n) is 5.20. The number of anilines is 1. The van der Waals surface area contributed by atoms with E-state index in [0.29, 0.717) is 31.9 Å². The van der Waals surface area contributed by atoms with E-state index in [9.17, 15) is 13.2 Å². The Balaban J connectivity index is 0.00000225. The lowest BCUT2D eigenvalue weighted by Gasteiger charge is -2.35. The number of carbonyl (C=O) groups is 1. The Bertz CT molecular complexity index is 968. The number of hydrogen-bond donors (Lipinski definition) is 1. The quantitative estimate of drug-likeness (QED) is 0.814. The van der Waals surface area contributed by atoms with Crippen LogP contribution in [0.4, 0.5) is 5.69 Å². The van der Waals surface area contributed by atoms with Crippen molar-refractivity contribution >= 4 is 34.0 Å². The van der Waals surface area contributed by atoms with E-state index in [4.69, 9.17) is 0 Å². The molecule has 150 valence electrons. The summed E-state index contributed by atoms with van der Waals surface area (Å²) in [7, 11) is -3.70. The number of sulfonamides is 1. The zero-order valence-electron chi connectivity index (χ0n) is 15.5. The van der Waals surface area contributed by atoms with Crippen molar-refractivity contribution in [2.45, 2.75) is 24.3 Å². The lowest BCUT2D eigenvalue weighted by molar-refractivity contribution is -0.116. The number of nitrogens with one attached hydrogen (secondary N) is 1. The first-order chi connectivity index (χ1) is 13.0. The molecule has 2 aliphatic heterocycles. The highest BCUT2D eigenvalue weighted by Gasteiger charge is 2.35. The number of aromatic nitrogens is 1. The molecule has 0 aliphatic carbocycles. The van der Waals surface area contributed by atoms with Gasteiger partial charge in [-0.2, -0.15) is 4.31 Å². The predicted octanol–water partition coefficient (Wildman–Crippen LogP) is 1.75. The number of hydrogen-bond acceptors (Lipinski definition) is 5. The third-order valence-corrected chi connectivity index (χ3v) is 7.11. The molecule has 1 amide bonds. The van der Waals surface area contributed by atoms with Gasteiger partial charge in [-0.3, -0.25) is 9.78 Å². The van der Waals surface area contributed by atoms with Crippen molar-refractivity contribution in [1.82, 2.24) is 14.6 Å². The molecule has 1 aromatic heterocycles. The molecule has 3 heterocycles. The number of benzene rings is 1. The van der Waals surface area contributed by atoms with Crippen LogP contribution in [0.3, 0.4) is 0 Å². The minimum absolute atomic E-state index is 0. The van der Waals surface area contributed by atoms with Gasteiger partial charge < -0.3 is 10.2 Å². The zero-order chi connectivity index (χ0) is 19.0. The van der Waals surface area contributed by atoms with E-state index in [-0.39, 0.29) is 29.3 Å². The van der Waals surface area contributed by atoms with Crippen molar-refractivity contribution in [1.29, 1.82) is 0 Å². The fourth-order valence-corrected chi connectivity index (χ4v) is 5.45. The van der Waals surface area contributed by atoms with Gasteiger partial charge in [0.1, 0.15) is 0 Å². The minimum Gasteiger partial charge on any atom is -0.313 e. The second-order valence-corrected chi connectivity index (χ2v) is 8.72. The van der Waals surface area contributed by atoms with Crippen molar-refractivity contribution in [2.75, 3.05) is 31.1 Å². The number of rotatable bonds is 3. The SMILES string of the molecule is CC(=O)N1CCc2ccc(S(=O)(=O)N3CCNCC3c3cccnc3)cc21.Cl. The molecule has 4 rings (SSSR count). The van der Waals surface area contributed by atoms with Gasteiger partial charge in [-0.05, 0) is 35.7 Å². The van der Waals surface area contributed by atoms with Gasteiger partial charge in [0.2, 0.25) is 15.9 Å². The Morgan fingerprint density at radius 1 is 1.25 bits per heavy atom. The van der Waals surface area contributed by atoms with Crippen LogP contribution in [0.15, 0.2) is 47.6 Å². The molecule has 1 atom stereocenters. The summed E-state index contributed by atoms with van der Waals surface area (Å²) in [5.74, 6) is -0.0706. The first-order valence-corrected chi connectivity index (χ1v) is 10.5. The molecule has 7 nitrogen and oxygen atoms in total. The molecule has 0 spiro atoms. The maximum absolute atomic E-state index is 13.4. The van der Waals surface area contributed by atoms with Crippen LogP contribution in [-0.4, -0.2) is 49.8 Å². The molecule has 2 aliphatic rings. The average Bonchev–Trinajstić information content (AvgIpc) is 3.12. The van der Waals surface area contributed by atoms with Crippen LogP contribution in [0.25, 0.3) is 0 Å². The van der Waals surface area contributed by atoms with Gasteiger partial charge in [0.25, 0.3) is 0 Å². The first-order valence-electron chi connectivity index (χ1n) is 9.02. The Morgan fingerprint density at radius 3 is 2.79 bits per heavy atom. The molecule has 0 bridgehead atoms. The van der Waals surface area contributed by atoms with Gasteiger partial charge in [0.05, 0.1) is 10.9 Å². The number of nitrogens with zero attached hydrogens (tertiary/aromatic N) is 3. The molecule has 0 saturated carbocycles. The molecule has 0 radical (unpaired) electrons. The van der Waals surface area contributed by atoms with Gasteiger partial charge >= 0.3 is 0 Å². The Morgan fingerprint density at radius 2 is 2.07 bits per heavy atom. The lowest BCUT2D eigenvalue weighted by atomic mass is 10.1. The zero-order valence-corrected chi connectivity index (χ0v) is 17.2. The highest BCUT2D eigenvalue weighted by Crippen LogP contribution is 2.34. The normalized spacial score (nSPS) is 19.8. The van der Waals surface area contributed by atoms with Gasteiger partial charge in [-0.15, -0.1) is 12.4 Å². The van der Waals surface area contributed by atoms with Crippen molar-refractivity contribution in [2.24, 2.45) is 0 Å². The number of fused-ring (bicyclic) bond motifs is 1. The van der Waals surface area contributed by atoms with E-state index in [1.54, 1.807) is 29.4 Å². The topological polar surface area (TPSA) is 82.6 Å². The second kappa shape index (κ2) is 8.16. The molecule has 1 fully saturated rings. The molecule has 9 heteroatoms. The van der Waals surface area contributed by atoms with Crippen LogP contribution in [0.2, 0.25) is 0 Å². The highest BCUT2D eigenvalue weighted by atomic mass is 35.5. The number of amides is 1. The Hall–Kier alpha value is -2.00. The van der Waals surface area contributed by atoms with E-state index in [1.165, 1.54) is 11.2 Å². The summed E-state index contributed by atoms with van der Waals surface area (Å²) >= 11 is 0. The summed E-state index contributed by atoms with van der Waals surface area (Å²) in [4.78, 5) is 17.9. The van der Waals surface area contributed by atoms with Crippen LogP contribution in [0.5, 0.6) is 0 Å². The monoisotopic (exact) mass is 422 g/mol. The molecule has 1 N–H and O–H groups in total. The van der Waals surface area contributed by atoms with Crippen LogP contribution < -0.4 is 10.2 Å². The number of piperazine rings is 1. The van der Waals surface area contributed by atoms with E-state index in [1.807, 2.05) is 18.2 Å². The van der Waals surface area contributed by atoms with E-state index in [0.717, 1.165) is 17.5 Å². The molecule has 2 aromatic rings. The molecular formula is C19H23ClN4O3S. The fraction of sp³-hybridized carbons (Fsp3) is 0.368. The Kier molecular flexibility index (Phi) is 6.04. The van der Waals surface area contributed by atoms with Crippen molar-refractivity contribution < 1.29 is 13.2 Å². The maximum atomic E-state index is 13.4. The van der Waals surface area contributed by atoms with Crippen molar-refractivity contribution in [3.63, 3.8) is 0 Å². The Labute approximate surface area is 171 Å². The van der Waals surface area contributed by atoms with Crippen molar-refractivity contribution in [3.05, 3.63) is 53.9 Å². The van der Waals surface area contributed by atoms with Crippen LogP contribution >= 0.6 is 12.4 Å². The first kappa shape index (κ1) is 20.7. The third kappa shape index (κ3) is 3.65. The summed E-state index contributed by atoms with van der Waals surface area (Å²) in [6, 6.07) is 8.52. The van der Waals surface area contributed by atoms with Gasteiger partial charge in [0.15, 0.2) is 0 Å². The molecule has 1 saturated heterocycles. The molecule has 1 aromatic carbocycles. The number of halogens is 1. The maximum Gasteiger partial charge on any atom is 0.243 e. The average molecular weight is 423 g/mol. The highest BCUT2D eigenvalue weighted by molar-refractivity contribution is 7.89. The minimum atomic E-state index is -3.70. The summed E-state index contributed by atoms with van der Waals surface area (Å²) in [5, 5.41) is 3.26. The van der Waals surface area contributed by atoms with E-state index >= 15 is 0 Å². The van der Waals surface area contributed by atoms with Crippen LogP contribution in [0, 0.1) is 0 Å². The van der Waals surface area contributed by atoms with Crippen LogP contribution in [-0.2, 0) is 21.2 Å². The van der Waals surface area contributed by atoms with E-state index < -0.39 is 10.0 Å². The summed E-state index contributed by atoms with van der Waals surface area (Å²) < 4.78 is 28.4. The molecular weight excluding hydrogens is 400 g/mol. The smallest absolute Gasteiger partial charge is 0.243 e. The van der Waals surface area contributed by atoms with Crippen LogP contribution in [0.1, 0.15) is 24.1 Å². The fourth-order valence-electron chi connectivity index (χ4n) is 3.81. The molecule has 28 heavy (non-hydrogen) atoms. The van der Waals surface area contributed by atoms with Gasteiger partial charge in [-0.25, -0.2) is 8.42 Å². The van der Waals surface area contributed by atoms with Gasteiger partial charge in [-0.1, -0.05) is 12.1 Å². The van der Waals surface area contributed by atoms with Gasteiger partial charge in [0, 0.05) is 51.2 Å². The number of pyridine rings is 1. The lowest BCUT2D eigenvalue weighted by Crippen LogP contribution is -2.48. The summed E-state index contributed by atoms with van der Waals surface area (Å²) in [6.45, 7) is 3.62. The molecule has 1 unspecified atom stereocenters. The van der Waals surface area contributed by atoms with Crippen molar-refractivity contribution in [3.8, 4) is 0 Å². The standard InChI is InChI=1S/C19H22N4O3S.ClH/c1-14(24)22-9-6-15-4-5-17(11-18(15)22)27(25,26)23-10-8-21-13-19(23)16-3-2-7-20-12-16;/h2-5,7,11-12,19,21H,6,8-10,13H2,1H3;1H. The number of carbonyl (C=O) groups excluding carboxylic acids is 1. The second-order valence-electron chi connectivity index (χ2n) is 6.83.